The number of rotatable bonds is 4. The van der Waals surface area contributed by atoms with Crippen molar-refractivity contribution in [2.45, 2.75) is 0 Å². The molecule has 0 saturated heterocycles. The van der Waals surface area contributed by atoms with Crippen LogP contribution in [0, 0.1) is 0 Å². The van der Waals surface area contributed by atoms with Crippen molar-refractivity contribution in [3.8, 4) is 61.3 Å². The van der Waals surface area contributed by atoms with Crippen LogP contribution in [0.2, 0.25) is 0 Å². The van der Waals surface area contributed by atoms with E-state index in [0.29, 0.717) is 0 Å². The van der Waals surface area contributed by atoms with Gasteiger partial charge in [-0.05, 0) is 144 Å². The fourth-order valence-electron chi connectivity index (χ4n) is 12.1. The first-order chi connectivity index (χ1) is 34.2. The van der Waals surface area contributed by atoms with Gasteiger partial charge in [-0.3, -0.25) is 4.98 Å². The highest BCUT2D eigenvalue weighted by Crippen LogP contribution is 2.59. The summed E-state index contributed by atoms with van der Waals surface area (Å²) in [5.41, 5.74) is 17.2. The minimum absolute atomic E-state index is 0.996. The van der Waals surface area contributed by atoms with Gasteiger partial charge in [0.1, 0.15) is 0 Å². The SMILES string of the molecule is c1ccc(-n2c3ccc(-c4ccc5c6c(cccc46)-c4c-5c(-c5ccc6sc7ccccc7c6c5)c5ccccc5c4-c4ccc5sc6ccccc6c5c4)cc3c3cnc4ccccc4c32)cc1. The molecule has 16 rings (SSSR count). The molecule has 0 unspecified atom stereocenters. The van der Waals surface area contributed by atoms with Crippen molar-refractivity contribution in [2.24, 2.45) is 0 Å². The van der Waals surface area contributed by atoms with Crippen LogP contribution in [0.15, 0.2) is 219 Å². The van der Waals surface area contributed by atoms with E-state index in [2.05, 4.69) is 223 Å². The zero-order valence-corrected chi connectivity index (χ0v) is 38.6. The van der Waals surface area contributed by atoms with Gasteiger partial charge in [-0.15, -0.1) is 22.7 Å². The fourth-order valence-corrected chi connectivity index (χ4v) is 14.2. The molecule has 4 heteroatoms. The van der Waals surface area contributed by atoms with E-state index < -0.39 is 0 Å². The van der Waals surface area contributed by atoms with Gasteiger partial charge in [0.05, 0.1) is 16.6 Å². The molecular formula is C65H36N2S2. The Morgan fingerprint density at radius 1 is 0.319 bits per heavy atom. The van der Waals surface area contributed by atoms with Gasteiger partial charge in [0, 0.05) is 68.4 Å². The Labute approximate surface area is 404 Å². The summed E-state index contributed by atoms with van der Waals surface area (Å²) in [6.45, 7) is 0. The third-order valence-electron chi connectivity index (χ3n) is 14.9. The predicted octanol–water partition coefficient (Wildman–Crippen LogP) is 19.0. The maximum absolute atomic E-state index is 5.01. The molecule has 1 aliphatic rings. The van der Waals surface area contributed by atoms with Crippen molar-refractivity contribution >= 4 is 117 Å². The third kappa shape index (κ3) is 5.22. The molecule has 1 aliphatic carbocycles. The Hall–Kier alpha value is -8.41. The standard InChI is InChI=1S/C65H36N2S2/c1-2-13-40(14-3-1)67-55-30-25-37(33-50(55)53-36-66-54-22-9-6-19-47(54)65(53)67)41-28-29-49-62-44(41)20-12-21-48(62)63-60(38-26-31-58-51(34-38)42-15-7-10-23-56(42)68-58)45-17-4-5-18-46(45)61(64(49)63)39-27-32-59-52(35-39)43-16-8-11-24-57(43)69-59/h1-36H. The van der Waals surface area contributed by atoms with Crippen molar-refractivity contribution in [3.63, 3.8) is 0 Å². The van der Waals surface area contributed by atoms with Crippen molar-refractivity contribution in [1.29, 1.82) is 0 Å². The molecule has 0 amide bonds. The zero-order valence-electron chi connectivity index (χ0n) is 37.0. The molecule has 0 aliphatic heterocycles. The summed E-state index contributed by atoms with van der Waals surface area (Å²) >= 11 is 3.76. The van der Waals surface area contributed by atoms with E-state index in [1.165, 1.54) is 134 Å². The Morgan fingerprint density at radius 2 is 0.841 bits per heavy atom. The van der Waals surface area contributed by atoms with Gasteiger partial charge in [0.25, 0.3) is 0 Å². The van der Waals surface area contributed by atoms with E-state index in [1.54, 1.807) is 0 Å². The minimum Gasteiger partial charge on any atom is -0.309 e. The first-order valence-electron chi connectivity index (χ1n) is 23.6. The minimum atomic E-state index is 0.996. The summed E-state index contributed by atoms with van der Waals surface area (Å²) in [7, 11) is 0. The molecule has 69 heavy (non-hydrogen) atoms. The molecule has 15 aromatic rings. The topological polar surface area (TPSA) is 17.8 Å². The van der Waals surface area contributed by atoms with Crippen molar-refractivity contribution in [1.82, 2.24) is 9.55 Å². The molecular weight excluding hydrogens is 873 g/mol. The lowest BCUT2D eigenvalue weighted by molar-refractivity contribution is 1.18. The monoisotopic (exact) mass is 908 g/mol. The molecule has 0 N–H and O–H groups in total. The van der Waals surface area contributed by atoms with E-state index >= 15 is 0 Å². The molecule has 0 atom stereocenters. The van der Waals surface area contributed by atoms with Crippen LogP contribution in [0.4, 0.5) is 0 Å². The second-order valence-electron chi connectivity index (χ2n) is 18.5. The van der Waals surface area contributed by atoms with E-state index in [0.717, 1.165) is 22.0 Å². The van der Waals surface area contributed by atoms with E-state index in [1.807, 2.05) is 22.7 Å². The quantitative estimate of drug-likeness (QED) is 0.172. The van der Waals surface area contributed by atoms with Gasteiger partial charge in [-0.2, -0.15) is 0 Å². The van der Waals surface area contributed by atoms with Gasteiger partial charge in [0.15, 0.2) is 0 Å². The van der Waals surface area contributed by atoms with Crippen LogP contribution in [-0.4, -0.2) is 9.55 Å². The molecule has 0 radical (unpaired) electrons. The average Bonchev–Trinajstić information content (AvgIpc) is 4.16. The maximum Gasteiger partial charge on any atom is 0.0723 e. The number of thiophene rings is 2. The molecule has 11 aromatic carbocycles. The first-order valence-corrected chi connectivity index (χ1v) is 25.2. The van der Waals surface area contributed by atoms with E-state index in [4.69, 9.17) is 4.98 Å². The lowest BCUT2D eigenvalue weighted by atomic mass is 9.82. The Bertz CT molecular complexity index is 4560. The largest absolute Gasteiger partial charge is 0.309 e. The van der Waals surface area contributed by atoms with Gasteiger partial charge in [-0.1, -0.05) is 146 Å². The molecule has 2 nitrogen and oxygen atoms in total. The van der Waals surface area contributed by atoms with Gasteiger partial charge >= 0.3 is 0 Å². The molecule has 4 heterocycles. The van der Waals surface area contributed by atoms with Crippen LogP contribution in [0.25, 0.3) is 156 Å². The number of para-hydroxylation sites is 2. The fraction of sp³-hybridized carbons (Fsp3) is 0. The zero-order chi connectivity index (χ0) is 44.9. The normalized spacial score (nSPS) is 12.3. The predicted molar refractivity (Wildman–Crippen MR) is 298 cm³/mol. The second-order valence-corrected chi connectivity index (χ2v) is 20.7. The smallest absolute Gasteiger partial charge is 0.0723 e. The third-order valence-corrected chi connectivity index (χ3v) is 17.3. The number of aromatic nitrogens is 2. The Kier molecular flexibility index (Phi) is 7.68. The van der Waals surface area contributed by atoms with E-state index in [9.17, 15) is 0 Å². The van der Waals surface area contributed by atoms with E-state index in [-0.39, 0.29) is 0 Å². The number of nitrogens with zero attached hydrogens (tertiary/aromatic N) is 2. The lowest BCUT2D eigenvalue weighted by Crippen LogP contribution is -1.94. The number of fused-ring (bicyclic) bond motifs is 15. The summed E-state index contributed by atoms with van der Waals surface area (Å²) < 4.78 is 7.70. The van der Waals surface area contributed by atoms with Gasteiger partial charge < -0.3 is 4.57 Å². The number of benzene rings is 11. The van der Waals surface area contributed by atoms with Crippen molar-refractivity contribution in [2.75, 3.05) is 0 Å². The highest BCUT2D eigenvalue weighted by Gasteiger charge is 2.32. The van der Waals surface area contributed by atoms with Crippen LogP contribution in [0.3, 0.4) is 0 Å². The highest BCUT2D eigenvalue weighted by atomic mass is 32.1. The Morgan fingerprint density at radius 3 is 1.52 bits per heavy atom. The molecule has 0 bridgehead atoms. The summed E-state index contributed by atoms with van der Waals surface area (Å²) in [6.07, 6.45) is 2.08. The summed E-state index contributed by atoms with van der Waals surface area (Å²) in [5.74, 6) is 0. The summed E-state index contributed by atoms with van der Waals surface area (Å²) in [6, 6.07) is 79.4. The number of hydrogen-bond acceptors (Lipinski definition) is 3. The average molecular weight is 909 g/mol. The molecule has 4 aromatic heterocycles. The first kappa shape index (κ1) is 37.7. The van der Waals surface area contributed by atoms with Crippen LogP contribution in [0.1, 0.15) is 0 Å². The van der Waals surface area contributed by atoms with Crippen LogP contribution < -0.4 is 0 Å². The second kappa shape index (κ2) is 14.1. The van der Waals surface area contributed by atoms with Crippen LogP contribution >= 0.6 is 22.7 Å². The highest BCUT2D eigenvalue weighted by molar-refractivity contribution is 7.26. The van der Waals surface area contributed by atoms with Crippen LogP contribution in [-0.2, 0) is 0 Å². The summed E-state index contributed by atoms with van der Waals surface area (Å²) in [5, 5.41) is 13.9. The van der Waals surface area contributed by atoms with Crippen molar-refractivity contribution < 1.29 is 0 Å². The summed E-state index contributed by atoms with van der Waals surface area (Å²) in [4.78, 5) is 5.01. The molecule has 318 valence electrons. The van der Waals surface area contributed by atoms with Gasteiger partial charge in [0.2, 0.25) is 0 Å². The molecule has 0 fully saturated rings. The van der Waals surface area contributed by atoms with Gasteiger partial charge in [-0.25, -0.2) is 0 Å². The number of hydrogen-bond donors (Lipinski definition) is 0. The maximum atomic E-state index is 5.01. The van der Waals surface area contributed by atoms with Crippen molar-refractivity contribution in [3.05, 3.63) is 219 Å². The number of pyridine rings is 1. The Balaban J connectivity index is 0.989. The molecule has 0 saturated carbocycles. The van der Waals surface area contributed by atoms with Crippen LogP contribution in [0.5, 0.6) is 0 Å². The lowest BCUT2D eigenvalue weighted by Gasteiger charge is -2.20. The molecule has 0 spiro atoms.